The number of primary amides is 1. The fourth-order valence-corrected chi connectivity index (χ4v) is 2.07. The van der Waals surface area contributed by atoms with Crippen LogP contribution >= 0.6 is 0 Å². The lowest BCUT2D eigenvalue weighted by atomic mass is 9.92. The van der Waals surface area contributed by atoms with Gasteiger partial charge in [-0.3, -0.25) is 4.79 Å². The Hall–Kier alpha value is -1.85. The second-order valence-corrected chi connectivity index (χ2v) is 4.01. The molecule has 0 saturated heterocycles. The molecule has 0 bridgehead atoms. The molecule has 1 aromatic carbocycles. The van der Waals surface area contributed by atoms with Crippen LogP contribution in [0.1, 0.15) is 17.0 Å². The van der Waals surface area contributed by atoms with E-state index < -0.39 is 29.7 Å². The van der Waals surface area contributed by atoms with Gasteiger partial charge in [-0.25, -0.2) is 4.39 Å². The minimum absolute atomic E-state index is 0.312. The molecule has 2 N–H and O–H groups in total. The average molecular weight is 259 g/mol. The Morgan fingerprint density at radius 1 is 1.28 bits per heavy atom. The quantitative estimate of drug-likeness (QED) is 0.815. The molecule has 96 valence electrons. The summed E-state index contributed by atoms with van der Waals surface area (Å²) in [5.41, 5.74) is 5.13. The molecule has 18 heavy (non-hydrogen) atoms. The predicted molar refractivity (Wildman–Crippen MR) is 57.3 cm³/mol. The molecule has 0 saturated carbocycles. The number of carbonyl (C=O) groups excluding carboxylic acids is 1. The zero-order valence-electron chi connectivity index (χ0n) is 9.04. The van der Waals surface area contributed by atoms with Crippen molar-refractivity contribution in [2.24, 2.45) is 5.73 Å². The van der Waals surface area contributed by atoms with Crippen molar-refractivity contribution in [2.75, 3.05) is 0 Å². The van der Waals surface area contributed by atoms with Gasteiger partial charge < -0.3 is 5.73 Å². The maximum atomic E-state index is 13.4. The van der Waals surface area contributed by atoms with Gasteiger partial charge in [-0.05, 0) is 16.7 Å². The minimum Gasteiger partial charge on any atom is -0.369 e. The molecule has 1 aliphatic rings. The Balaban J connectivity index is 2.47. The summed E-state index contributed by atoms with van der Waals surface area (Å²) < 4.78 is 50.6. The first kappa shape index (κ1) is 12.6. The van der Waals surface area contributed by atoms with Crippen molar-refractivity contribution in [2.45, 2.75) is 18.3 Å². The lowest BCUT2D eigenvalue weighted by Crippen LogP contribution is -2.32. The van der Waals surface area contributed by atoms with E-state index in [9.17, 15) is 22.4 Å². The second-order valence-electron chi connectivity index (χ2n) is 4.01. The van der Waals surface area contributed by atoms with E-state index in [4.69, 9.17) is 5.73 Å². The molecule has 0 aromatic heterocycles. The van der Waals surface area contributed by atoms with Crippen molar-refractivity contribution in [3.63, 3.8) is 0 Å². The third-order valence-electron chi connectivity index (χ3n) is 2.83. The Kier molecular flexibility index (Phi) is 2.88. The predicted octanol–water partition coefficient (Wildman–Crippen LogP) is 2.55. The Bertz CT molecular complexity index is 521. The molecule has 2 unspecified atom stereocenters. The van der Waals surface area contributed by atoms with Gasteiger partial charge in [0.05, 0.1) is 5.92 Å². The lowest BCUT2D eigenvalue weighted by Gasteiger charge is -2.18. The molecule has 2 rings (SSSR count). The number of hydrogen-bond acceptors (Lipinski definition) is 1. The van der Waals surface area contributed by atoms with Gasteiger partial charge in [-0.1, -0.05) is 30.3 Å². The van der Waals surface area contributed by atoms with Crippen LogP contribution in [-0.2, 0) is 4.79 Å². The maximum absolute atomic E-state index is 13.4. The monoisotopic (exact) mass is 259 g/mol. The Labute approximate surface area is 100 Å². The molecule has 0 fully saturated rings. The van der Waals surface area contributed by atoms with Crippen LogP contribution in [-0.4, -0.2) is 18.3 Å². The highest BCUT2D eigenvalue weighted by Gasteiger charge is 2.47. The van der Waals surface area contributed by atoms with E-state index in [1.807, 2.05) is 0 Å². The summed E-state index contributed by atoms with van der Waals surface area (Å²) >= 11 is 0. The summed E-state index contributed by atoms with van der Waals surface area (Å²) in [6.45, 7) is 0. The number of alkyl halides is 4. The van der Waals surface area contributed by atoms with Crippen molar-refractivity contribution < 1.29 is 22.4 Å². The zero-order chi connectivity index (χ0) is 13.5. The smallest absolute Gasteiger partial charge is 0.369 e. The number of hydrogen-bond donors (Lipinski definition) is 1. The zero-order valence-corrected chi connectivity index (χ0v) is 9.04. The SMILES string of the molecule is NC(=O)C1C(C(F)C(F)(F)F)=Cc2ccccc21. The highest BCUT2D eigenvalue weighted by molar-refractivity contribution is 5.91. The number of nitrogens with two attached hydrogens (primary N) is 1. The minimum atomic E-state index is -5.04. The van der Waals surface area contributed by atoms with E-state index in [0.29, 0.717) is 11.1 Å². The molecular weight excluding hydrogens is 250 g/mol. The highest BCUT2D eigenvalue weighted by Crippen LogP contribution is 2.42. The van der Waals surface area contributed by atoms with Crippen LogP contribution in [0.3, 0.4) is 0 Å². The van der Waals surface area contributed by atoms with Gasteiger partial charge in [0, 0.05) is 0 Å². The van der Waals surface area contributed by atoms with Crippen LogP contribution in [0.2, 0.25) is 0 Å². The van der Waals surface area contributed by atoms with Gasteiger partial charge in [0.25, 0.3) is 0 Å². The van der Waals surface area contributed by atoms with E-state index in [-0.39, 0.29) is 0 Å². The van der Waals surface area contributed by atoms with E-state index >= 15 is 0 Å². The van der Waals surface area contributed by atoms with E-state index in [1.54, 1.807) is 12.1 Å². The van der Waals surface area contributed by atoms with Crippen molar-refractivity contribution >= 4 is 12.0 Å². The molecule has 0 spiro atoms. The van der Waals surface area contributed by atoms with Crippen molar-refractivity contribution in [1.29, 1.82) is 0 Å². The highest BCUT2D eigenvalue weighted by atomic mass is 19.4. The molecule has 0 radical (unpaired) electrons. The van der Waals surface area contributed by atoms with Gasteiger partial charge in [0.15, 0.2) is 0 Å². The average Bonchev–Trinajstić information content (AvgIpc) is 2.65. The van der Waals surface area contributed by atoms with Gasteiger partial charge >= 0.3 is 6.18 Å². The summed E-state index contributed by atoms with van der Waals surface area (Å²) in [5, 5.41) is 0. The van der Waals surface area contributed by atoms with Gasteiger partial charge in [0.2, 0.25) is 12.1 Å². The lowest BCUT2D eigenvalue weighted by molar-refractivity contribution is -0.170. The number of halogens is 4. The van der Waals surface area contributed by atoms with E-state index in [1.165, 1.54) is 12.1 Å². The fourth-order valence-electron chi connectivity index (χ4n) is 2.07. The Morgan fingerprint density at radius 3 is 2.44 bits per heavy atom. The van der Waals surface area contributed by atoms with Gasteiger partial charge in [-0.15, -0.1) is 0 Å². The molecular formula is C12H9F4NO. The van der Waals surface area contributed by atoms with Crippen LogP contribution in [0.5, 0.6) is 0 Å². The topological polar surface area (TPSA) is 43.1 Å². The number of fused-ring (bicyclic) bond motifs is 1. The number of benzene rings is 1. The summed E-state index contributed by atoms with van der Waals surface area (Å²) in [5.74, 6) is -2.34. The standard InChI is InChI=1S/C12H9F4NO/c13-10(12(14,15)16)8-5-6-3-1-2-4-7(6)9(8)11(17)18/h1-5,9-10H,(H2,17,18). The molecule has 1 aromatic rings. The summed E-state index contributed by atoms with van der Waals surface area (Å²) in [7, 11) is 0. The van der Waals surface area contributed by atoms with Crippen LogP contribution in [0, 0.1) is 0 Å². The normalized spacial score (nSPS) is 20.2. The van der Waals surface area contributed by atoms with Crippen molar-refractivity contribution in [1.82, 2.24) is 0 Å². The maximum Gasteiger partial charge on any atom is 0.423 e. The van der Waals surface area contributed by atoms with Crippen LogP contribution in [0.4, 0.5) is 17.6 Å². The van der Waals surface area contributed by atoms with Gasteiger partial charge in [0.1, 0.15) is 0 Å². The Morgan fingerprint density at radius 2 is 1.89 bits per heavy atom. The molecule has 6 heteroatoms. The van der Waals surface area contributed by atoms with Crippen LogP contribution in [0.25, 0.3) is 6.08 Å². The third-order valence-corrected chi connectivity index (χ3v) is 2.83. The van der Waals surface area contributed by atoms with Gasteiger partial charge in [-0.2, -0.15) is 13.2 Å². The largest absolute Gasteiger partial charge is 0.423 e. The number of carbonyl (C=O) groups is 1. The summed E-state index contributed by atoms with van der Waals surface area (Å²) in [6.07, 6.45) is -7.17. The third kappa shape index (κ3) is 1.98. The molecule has 0 heterocycles. The summed E-state index contributed by atoms with van der Waals surface area (Å²) in [6, 6.07) is 6.14. The van der Waals surface area contributed by atoms with Crippen molar-refractivity contribution in [3.8, 4) is 0 Å². The molecule has 2 nitrogen and oxygen atoms in total. The number of rotatable bonds is 2. The van der Waals surface area contributed by atoms with Crippen LogP contribution in [0.15, 0.2) is 29.8 Å². The second kappa shape index (κ2) is 4.12. The van der Waals surface area contributed by atoms with E-state index in [0.717, 1.165) is 6.08 Å². The van der Waals surface area contributed by atoms with E-state index in [2.05, 4.69) is 0 Å². The van der Waals surface area contributed by atoms with Crippen molar-refractivity contribution in [3.05, 3.63) is 41.0 Å². The first-order chi connectivity index (χ1) is 8.32. The summed E-state index contributed by atoms with van der Waals surface area (Å²) in [4.78, 5) is 11.3. The molecule has 1 amide bonds. The number of amides is 1. The van der Waals surface area contributed by atoms with Crippen LogP contribution < -0.4 is 5.73 Å². The molecule has 1 aliphatic carbocycles. The molecule has 0 aliphatic heterocycles. The molecule has 2 atom stereocenters. The first-order valence-electron chi connectivity index (χ1n) is 5.13. The fraction of sp³-hybridized carbons (Fsp3) is 0.250. The first-order valence-corrected chi connectivity index (χ1v) is 5.13.